The van der Waals surface area contributed by atoms with Crippen LogP contribution in [0.15, 0.2) is 52.1 Å². The first-order chi connectivity index (χ1) is 11.9. The second-order valence-electron chi connectivity index (χ2n) is 5.54. The Morgan fingerprint density at radius 1 is 1.29 bits per heavy atom. The fourth-order valence-electron chi connectivity index (χ4n) is 2.64. The van der Waals surface area contributed by atoms with Crippen molar-refractivity contribution in [2.75, 3.05) is 26.9 Å². The molecule has 2 heterocycles. The van der Waals surface area contributed by atoms with Crippen molar-refractivity contribution in [1.82, 2.24) is 10.6 Å². The minimum Gasteiger partial charge on any atom is -0.493 e. The molecule has 1 aliphatic rings. The maximum atomic E-state index is 5.72. The first kappa shape index (κ1) is 16.4. The lowest BCUT2D eigenvalue weighted by Gasteiger charge is -2.28. The Labute approximate surface area is 141 Å². The van der Waals surface area contributed by atoms with Gasteiger partial charge in [0, 0.05) is 25.6 Å². The number of rotatable bonds is 6. The van der Waals surface area contributed by atoms with Crippen molar-refractivity contribution in [3.05, 3.63) is 54.0 Å². The van der Waals surface area contributed by atoms with Crippen molar-refractivity contribution < 1.29 is 13.9 Å². The Morgan fingerprint density at radius 3 is 3.04 bits per heavy atom. The van der Waals surface area contributed by atoms with Gasteiger partial charge in [-0.15, -0.1) is 0 Å². The normalized spacial score (nSPS) is 17.0. The molecule has 2 aromatic rings. The third-order valence-corrected chi connectivity index (χ3v) is 3.84. The number of nitrogens with one attached hydrogen (secondary N) is 2. The average Bonchev–Trinajstić information content (AvgIpc) is 3.13. The van der Waals surface area contributed by atoms with Crippen LogP contribution in [-0.2, 0) is 11.3 Å². The SMILES string of the molecule is COCCNC(=NCc1ccco1)NC1CCOc2ccccc21. The summed E-state index contributed by atoms with van der Waals surface area (Å²) in [5.74, 6) is 2.50. The van der Waals surface area contributed by atoms with E-state index in [1.165, 1.54) is 0 Å². The molecule has 0 saturated heterocycles. The van der Waals surface area contributed by atoms with E-state index in [1.807, 2.05) is 30.3 Å². The summed E-state index contributed by atoms with van der Waals surface area (Å²) in [6.45, 7) is 2.48. The topological polar surface area (TPSA) is 68.0 Å². The molecular weight excluding hydrogens is 306 g/mol. The van der Waals surface area contributed by atoms with Crippen LogP contribution in [0.3, 0.4) is 0 Å². The van der Waals surface area contributed by atoms with Gasteiger partial charge in [0.05, 0.1) is 25.5 Å². The van der Waals surface area contributed by atoms with Gasteiger partial charge in [-0.05, 0) is 18.2 Å². The summed E-state index contributed by atoms with van der Waals surface area (Å²) in [6.07, 6.45) is 2.55. The van der Waals surface area contributed by atoms with Crippen molar-refractivity contribution in [3.63, 3.8) is 0 Å². The van der Waals surface area contributed by atoms with Crippen molar-refractivity contribution in [2.24, 2.45) is 4.99 Å². The number of methoxy groups -OCH3 is 1. The second-order valence-corrected chi connectivity index (χ2v) is 5.54. The molecule has 0 spiro atoms. The van der Waals surface area contributed by atoms with E-state index >= 15 is 0 Å². The molecule has 0 saturated carbocycles. The van der Waals surface area contributed by atoms with Crippen molar-refractivity contribution in [2.45, 2.75) is 19.0 Å². The number of nitrogens with zero attached hydrogens (tertiary/aromatic N) is 1. The van der Waals surface area contributed by atoms with E-state index < -0.39 is 0 Å². The number of furan rings is 1. The molecule has 6 nitrogen and oxygen atoms in total. The maximum Gasteiger partial charge on any atom is 0.192 e. The highest BCUT2D eigenvalue weighted by atomic mass is 16.5. The number of benzene rings is 1. The van der Waals surface area contributed by atoms with Crippen LogP contribution in [0.1, 0.15) is 23.8 Å². The zero-order chi connectivity index (χ0) is 16.6. The van der Waals surface area contributed by atoms with Gasteiger partial charge in [0.15, 0.2) is 5.96 Å². The fourth-order valence-corrected chi connectivity index (χ4v) is 2.64. The Hall–Kier alpha value is -2.47. The molecule has 0 fully saturated rings. The van der Waals surface area contributed by atoms with Crippen molar-refractivity contribution in [1.29, 1.82) is 0 Å². The molecule has 6 heteroatoms. The van der Waals surface area contributed by atoms with Crippen molar-refractivity contribution >= 4 is 5.96 Å². The van der Waals surface area contributed by atoms with Gasteiger partial charge < -0.3 is 24.5 Å². The van der Waals surface area contributed by atoms with Gasteiger partial charge in [0.2, 0.25) is 0 Å². The molecule has 1 aromatic carbocycles. The number of guanidine groups is 1. The molecule has 0 amide bonds. The summed E-state index contributed by atoms with van der Waals surface area (Å²) in [5, 5.41) is 6.79. The molecule has 1 aromatic heterocycles. The summed E-state index contributed by atoms with van der Waals surface area (Å²) in [6, 6.07) is 12.1. The Bertz CT molecular complexity index is 655. The van der Waals surface area contributed by atoms with E-state index in [0.717, 1.165) is 29.5 Å². The Kier molecular flexibility index (Phi) is 5.74. The van der Waals surface area contributed by atoms with Gasteiger partial charge in [-0.3, -0.25) is 0 Å². The first-order valence-electron chi connectivity index (χ1n) is 8.14. The molecule has 0 aliphatic carbocycles. The van der Waals surface area contributed by atoms with E-state index in [4.69, 9.17) is 13.9 Å². The van der Waals surface area contributed by atoms with Gasteiger partial charge in [-0.1, -0.05) is 18.2 Å². The van der Waals surface area contributed by atoms with Gasteiger partial charge in [0.25, 0.3) is 0 Å². The molecule has 3 rings (SSSR count). The van der Waals surface area contributed by atoms with Crippen LogP contribution in [0.5, 0.6) is 5.75 Å². The third-order valence-electron chi connectivity index (χ3n) is 3.84. The highest BCUT2D eigenvalue weighted by Crippen LogP contribution is 2.31. The predicted molar refractivity (Wildman–Crippen MR) is 92.2 cm³/mol. The first-order valence-corrected chi connectivity index (χ1v) is 8.14. The van der Waals surface area contributed by atoms with Crippen LogP contribution in [0.4, 0.5) is 0 Å². The molecular formula is C18H23N3O3. The number of hydrogen-bond acceptors (Lipinski definition) is 4. The fraction of sp³-hybridized carbons (Fsp3) is 0.389. The summed E-state index contributed by atoms with van der Waals surface area (Å²) >= 11 is 0. The van der Waals surface area contributed by atoms with E-state index in [1.54, 1.807) is 13.4 Å². The van der Waals surface area contributed by atoms with Gasteiger partial charge >= 0.3 is 0 Å². The molecule has 0 bridgehead atoms. The molecule has 1 atom stereocenters. The predicted octanol–water partition coefficient (Wildman–Crippen LogP) is 2.49. The smallest absolute Gasteiger partial charge is 0.192 e. The number of aliphatic imine (C=N–C) groups is 1. The summed E-state index contributed by atoms with van der Waals surface area (Å²) in [7, 11) is 1.68. The summed E-state index contributed by atoms with van der Waals surface area (Å²) in [5.41, 5.74) is 1.16. The molecule has 1 aliphatic heterocycles. The van der Waals surface area contributed by atoms with E-state index in [-0.39, 0.29) is 6.04 Å². The highest BCUT2D eigenvalue weighted by Gasteiger charge is 2.21. The lowest BCUT2D eigenvalue weighted by Crippen LogP contribution is -2.42. The summed E-state index contributed by atoms with van der Waals surface area (Å²) < 4.78 is 16.2. The monoisotopic (exact) mass is 329 g/mol. The van der Waals surface area contributed by atoms with Crippen LogP contribution in [0.2, 0.25) is 0 Å². The highest BCUT2D eigenvalue weighted by molar-refractivity contribution is 5.80. The largest absolute Gasteiger partial charge is 0.493 e. The number of para-hydroxylation sites is 1. The molecule has 24 heavy (non-hydrogen) atoms. The van der Waals surface area contributed by atoms with Crippen LogP contribution < -0.4 is 15.4 Å². The lowest BCUT2D eigenvalue weighted by atomic mass is 10.0. The summed E-state index contributed by atoms with van der Waals surface area (Å²) in [4.78, 5) is 4.61. The van der Waals surface area contributed by atoms with Crippen LogP contribution in [0, 0.1) is 0 Å². The molecule has 1 unspecified atom stereocenters. The van der Waals surface area contributed by atoms with Crippen molar-refractivity contribution in [3.8, 4) is 5.75 Å². The minimum absolute atomic E-state index is 0.167. The van der Waals surface area contributed by atoms with Gasteiger partial charge in [-0.2, -0.15) is 0 Å². The standard InChI is InChI=1S/C18H23N3O3/c1-22-12-9-19-18(20-13-14-5-4-10-23-14)21-16-8-11-24-17-7-3-2-6-15(16)17/h2-7,10,16H,8-9,11-13H2,1H3,(H2,19,20,21). The van der Waals surface area contributed by atoms with Crippen LogP contribution >= 0.6 is 0 Å². The van der Waals surface area contributed by atoms with Gasteiger partial charge in [0.1, 0.15) is 18.1 Å². The molecule has 0 radical (unpaired) electrons. The van der Waals surface area contributed by atoms with Crippen LogP contribution in [-0.4, -0.2) is 32.8 Å². The quantitative estimate of drug-likeness (QED) is 0.484. The zero-order valence-corrected chi connectivity index (χ0v) is 13.8. The second kappa shape index (κ2) is 8.40. The van der Waals surface area contributed by atoms with E-state index in [0.29, 0.717) is 26.3 Å². The number of ether oxygens (including phenoxy) is 2. The van der Waals surface area contributed by atoms with E-state index in [9.17, 15) is 0 Å². The number of fused-ring (bicyclic) bond motifs is 1. The average molecular weight is 329 g/mol. The third kappa shape index (κ3) is 4.29. The minimum atomic E-state index is 0.167. The molecule has 2 N–H and O–H groups in total. The zero-order valence-electron chi connectivity index (χ0n) is 13.8. The Balaban J connectivity index is 1.70. The lowest BCUT2D eigenvalue weighted by molar-refractivity contribution is 0.203. The van der Waals surface area contributed by atoms with Crippen LogP contribution in [0.25, 0.3) is 0 Å². The Morgan fingerprint density at radius 2 is 2.21 bits per heavy atom. The number of hydrogen-bond donors (Lipinski definition) is 2. The molecule has 128 valence electrons. The van der Waals surface area contributed by atoms with Gasteiger partial charge in [-0.25, -0.2) is 4.99 Å². The maximum absolute atomic E-state index is 5.72. The van der Waals surface area contributed by atoms with E-state index in [2.05, 4.69) is 21.7 Å².